The fourth-order valence-corrected chi connectivity index (χ4v) is 3.18. The van der Waals surface area contributed by atoms with Gasteiger partial charge in [0.15, 0.2) is 5.65 Å². The number of benzene rings is 1. The summed E-state index contributed by atoms with van der Waals surface area (Å²) in [4.78, 5) is 26.4. The summed E-state index contributed by atoms with van der Waals surface area (Å²) in [6.07, 6.45) is 5.77. The SMILES string of the molecule is O=[N+]([O-])c1ccc2c(c1)CC(c1ncnc3nc[nH]c13)CC2. The average molecular weight is 295 g/mol. The second-order valence-electron chi connectivity index (χ2n) is 5.51. The molecule has 1 atom stereocenters. The van der Waals surface area contributed by atoms with E-state index in [-0.39, 0.29) is 16.5 Å². The normalized spacial score (nSPS) is 17.4. The first-order valence-corrected chi connectivity index (χ1v) is 7.12. The number of nitro benzene ring substituents is 1. The lowest BCUT2D eigenvalue weighted by molar-refractivity contribution is -0.384. The molecule has 7 nitrogen and oxygen atoms in total. The Morgan fingerprint density at radius 1 is 1.23 bits per heavy atom. The molecular weight excluding hydrogens is 282 g/mol. The predicted molar refractivity (Wildman–Crippen MR) is 79.5 cm³/mol. The van der Waals surface area contributed by atoms with Crippen LogP contribution in [0.2, 0.25) is 0 Å². The molecule has 2 aromatic heterocycles. The van der Waals surface area contributed by atoms with Crippen LogP contribution in [0.25, 0.3) is 11.2 Å². The van der Waals surface area contributed by atoms with E-state index in [0.29, 0.717) is 5.65 Å². The van der Waals surface area contributed by atoms with Crippen molar-refractivity contribution in [1.29, 1.82) is 0 Å². The molecule has 3 aromatic rings. The molecule has 0 bridgehead atoms. The van der Waals surface area contributed by atoms with Gasteiger partial charge in [0, 0.05) is 18.1 Å². The zero-order chi connectivity index (χ0) is 15.1. The Morgan fingerprint density at radius 3 is 3.00 bits per heavy atom. The van der Waals surface area contributed by atoms with Crippen LogP contribution in [0.3, 0.4) is 0 Å². The molecule has 0 fully saturated rings. The van der Waals surface area contributed by atoms with Crippen molar-refractivity contribution in [3.05, 3.63) is 57.8 Å². The summed E-state index contributed by atoms with van der Waals surface area (Å²) in [7, 11) is 0. The van der Waals surface area contributed by atoms with E-state index in [1.807, 2.05) is 6.07 Å². The highest BCUT2D eigenvalue weighted by Gasteiger charge is 2.25. The quantitative estimate of drug-likeness (QED) is 0.578. The van der Waals surface area contributed by atoms with Gasteiger partial charge in [0.05, 0.1) is 16.9 Å². The van der Waals surface area contributed by atoms with Gasteiger partial charge in [-0.25, -0.2) is 15.0 Å². The standard InChI is InChI=1S/C15H13N5O2/c21-20(22)12-4-3-9-1-2-10(5-11(9)6-12)13-14-15(18-7-16-13)19-8-17-14/h3-4,6-8,10H,1-2,5H2,(H,16,17,18,19). The minimum Gasteiger partial charge on any atom is -0.342 e. The number of aromatic nitrogens is 4. The van der Waals surface area contributed by atoms with Crippen LogP contribution in [0.15, 0.2) is 30.9 Å². The van der Waals surface area contributed by atoms with Gasteiger partial charge in [-0.2, -0.15) is 0 Å². The van der Waals surface area contributed by atoms with E-state index >= 15 is 0 Å². The smallest absolute Gasteiger partial charge is 0.269 e. The van der Waals surface area contributed by atoms with Gasteiger partial charge >= 0.3 is 0 Å². The first-order valence-electron chi connectivity index (χ1n) is 7.12. The summed E-state index contributed by atoms with van der Waals surface area (Å²) >= 11 is 0. The second-order valence-corrected chi connectivity index (χ2v) is 5.51. The predicted octanol–water partition coefficient (Wildman–Crippen LogP) is 2.53. The van der Waals surface area contributed by atoms with E-state index in [4.69, 9.17) is 0 Å². The lowest BCUT2D eigenvalue weighted by Crippen LogP contribution is -2.15. The topological polar surface area (TPSA) is 97.6 Å². The molecule has 0 spiro atoms. The van der Waals surface area contributed by atoms with Crippen molar-refractivity contribution < 1.29 is 4.92 Å². The zero-order valence-electron chi connectivity index (χ0n) is 11.7. The van der Waals surface area contributed by atoms with Gasteiger partial charge in [-0.05, 0) is 30.4 Å². The van der Waals surface area contributed by atoms with Crippen LogP contribution in [-0.2, 0) is 12.8 Å². The molecule has 0 saturated heterocycles. The minimum absolute atomic E-state index is 0.147. The van der Waals surface area contributed by atoms with Crippen molar-refractivity contribution in [2.24, 2.45) is 0 Å². The van der Waals surface area contributed by atoms with Gasteiger partial charge in [0.25, 0.3) is 5.69 Å². The van der Waals surface area contributed by atoms with E-state index in [1.54, 1.807) is 18.5 Å². The van der Waals surface area contributed by atoms with Crippen LogP contribution in [0, 0.1) is 10.1 Å². The number of non-ortho nitro benzene ring substituents is 1. The first-order chi connectivity index (χ1) is 10.7. The highest BCUT2D eigenvalue weighted by atomic mass is 16.6. The van der Waals surface area contributed by atoms with Gasteiger partial charge in [-0.15, -0.1) is 0 Å². The number of hydrogen-bond acceptors (Lipinski definition) is 5. The molecule has 1 N–H and O–H groups in total. The maximum Gasteiger partial charge on any atom is 0.269 e. The molecule has 1 unspecified atom stereocenters. The Bertz CT molecular complexity index is 873. The molecule has 0 saturated carbocycles. The Kier molecular flexibility index (Phi) is 2.85. The molecule has 1 aromatic carbocycles. The van der Waals surface area contributed by atoms with E-state index in [9.17, 15) is 10.1 Å². The zero-order valence-corrected chi connectivity index (χ0v) is 11.7. The van der Waals surface area contributed by atoms with Gasteiger partial charge in [-0.1, -0.05) is 6.07 Å². The molecule has 22 heavy (non-hydrogen) atoms. The molecule has 2 heterocycles. The molecule has 110 valence electrons. The van der Waals surface area contributed by atoms with Gasteiger partial charge in [-0.3, -0.25) is 10.1 Å². The van der Waals surface area contributed by atoms with Crippen molar-refractivity contribution in [3.8, 4) is 0 Å². The summed E-state index contributed by atoms with van der Waals surface area (Å²) in [5, 5.41) is 11.0. The van der Waals surface area contributed by atoms with E-state index in [1.165, 1.54) is 11.9 Å². The van der Waals surface area contributed by atoms with Crippen molar-refractivity contribution >= 4 is 16.9 Å². The summed E-state index contributed by atoms with van der Waals surface area (Å²) < 4.78 is 0. The number of fused-ring (bicyclic) bond motifs is 2. The van der Waals surface area contributed by atoms with Gasteiger partial charge < -0.3 is 4.98 Å². The summed E-state index contributed by atoms with van der Waals surface area (Å²) in [5.74, 6) is 0.223. The number of nitrogens with one attached hydrogen (secondary N) is 1. The number of aryl methyl sites for hydroxylation is 1. The molecule has 7 heteroatoms. The highest BCUT2D eigenvalue weighted by Crippen LogP contribution is 2.35. The molecule has 1 aliphatic rings. The minimum atomic E-state index is -0.346. The Hall–Kier alpha value is -2.83. The third kappa shape index (κ3) is 2.02. The van der Waals surface area contributed by atoms with Crippen molar-refractivity contribution in [2.45, 2.75) is 25.2 Å². The maximum absolute atomic E-state index is 11.0. The molecule has 0 radical (unpaired) electrons. The first kappa shape index (κ1) is 12.9. The van der Waals surface area contributed by atoms with Crippen molar-refractivity contribution in [1.82, 2.24) is 19.9 Å². The van der Waals surface area contributed by atoms with Crippen LogP contribution in [-0.4, -0.2) is 24.9 Å². The van der Waals surface area contributed by atoms with Gasteiger partial charge in [0.2, 0.25) is 0 Å². The van der Waals surface area contributed by atoms with Crippen molar-refractivity contribution in [3.63, 3.8) is 0 Å². The van der Waals surface area contributed by atoms with E-state index in [0.717, 1.165) is 36.0 Å². The number of nitro groups is 1. The van der Waals surface area contributed by atoms with Crippen LogP contribution in [0.5, 0.6) is 0 Å². The highest BCUT2D eigenvalue weighted by molar-refractivity contribution is 5.72. The van der Waals surface area contributed by atoms with E-state index < -0.39 is 0 Å². The van der Waals surface area contributed by atoms with Crippen LogP contribution >= 0.6 is 0 Å². The number of rotatable bonds is 2. The third-order valence-electron chi connectivity index (χ3n) is 4.27. The second kappa shape index (κ2) is 4.87. The Balaban J connectivity index is 1.73. The van der Waals surface area contributed by atoms with Crippen LogP contribution in [0.1, 0.15) is 29.2 Å². The monoisotopic (exact) mass is 295 g/mol. The third-order valence-corrected chi connectivity index (χ3v) is 4.27. The van der Waals surface area contributed by atoms with Crippen molar-refractivity contribution in [2.75, 3.05) is 0 Å². The maximum atomic E-state index is 11.0. The average Bonchev–Trinajstić information content (AvgIpc) is 3.02. The molecule has 0 amide bonds. The number of hydrogen-bond donors (Lipinski definition) is 1. The number of nitrogens with zero attached hydrogens (tertiary/aromatic N) is 4. The fraction of sp³-hybridized carbons (Fsp3) is 0.267. The largest absolute Gasteiger partial charge is 0.342 e. The Morgan fingerprint density at radius 2 is 2.14 bits per heavy atom. The molecule has 4 rings (SSSR count). The van der Waals surface area contributed by atoms with Gasteiger partial charge in [0.1, 0.15) is 11.8 Å². The number of aromatic amines is 1. The van der Waals surface area contributed by atoms with E-state index in [2.05, 4.69) is 19.9 Å². The lowest BCUT2D eigenvalue weighted by atomic mass is 9.81. The lowest BCUT2D eigenvalue weighted by Gasteiger charge is -2.24. The Labute approximate surface area is 125 Å². The molecular formula is C15H13N5O2. The number of H-pyrrole nitrogens is 1. The molecule has 0 aliphatic heterocycles. The summed E-state index contributed by atoms with van der Waals surface area (Å²) in [6, 6.07) is 5.14. The summed E-state index contributed by atoms with van der Waals surface area (Å²) in [5.41, 5.74) is 4.85. The van der Waals surface area contributed by atoms with Crippen LogP contribution < -0.4 is 0 Å². The number of imidazole rings is 1. The molecule has 1 aliphatic carbocycles. The summed E-state index contributed by atoms with van der Waals surface area (Å²) in [6.45, 7) is 0. The van der Waals surface area contributed by atoms with Crippen LogP contribution in [0.4, 0.5) is 5.69 Å². The fourth-order valence-electron chi connectivity index (χ4n) is 3.18.